The van der Waals surface area contributed by atoms with Gasteiger partial charge in [-0.05, 0) is 49.7 Å². The highest BCUT2D eigenvalue weighted by atomic mass is 19.1. The monoisotopic (exact) mass is 335 g/mol. The van der Waals surface area contributed by atoms with E-state index in [1.165, 1.54) is 12.3 Å². The maximum absolute atomic E-state index is 13.7. The first kappa shape index (κ1) is 16.6. The Kier molecular flexibility index (Phi) is 4.75. The molecule has 1 amide bonds. The zero-order chi connectivity index (χ0) is 17.8. The van der Waals surface area contributed by atoms with Crippen molar-refractivity contribution in [2.24, 2.45) is 0 Å². The van der Waals surface area contributed by atoms with E-state index in [0.29, 0.717) is 11.4 Å². The summed E-state index contributed by atoms with van der Waals surface area (Å²) in [5.74, 6) is -0.676. The molecule has 0 unspecified atom stereocenters. The number of hydrogen-bond acceptors (Lipinski definition) is 3. The number of pyridine rings is 1. The quantitative estimate of drug-likeness (QED) is 0.718. The molecule has 5 heteroatoms. The number of carbonyl (C=O) groups excluding carboxylic acids is 1. The lowest BCUT2D eigenvalue weighted by atomic mass is 10.1. The van der Waals surface area contributed by atoms with Crippen LogP contribution in [0.4, 0.5) is 21.5 Å². The number of nitrogens with zero attached hydrogens (tertiary/aromatic N) is 1. The summed E-state index contributed by atoms with van der Waals surface area (Å²) >= 11 is 0. The van der Waals surface area contributed by atoms with E-state index >= 15 is 0 Å². The predicted octanol–water partition coefficient (Wildman–Crippen LogP) is 4.83. The minimum atomic E-state index is -0.361. The average Bonchev–Trinajstić information content (AvgIpc) is 2.60. The summed E-state index contributed by atoms with van der Waals surface area (Å²) < 4.78 is 13.7. The van der Waals surface area contributed by atoms with Crippen molar-refractivity contribution in [1.82, 2.24) is 4.98 Å². The lowest BCUT2D eigenvalue weighted by molar-refractivity contribution is 0.102. The van der Waals surface area contributed by atoms with Crippen molar-refractivity contribution in [1.29, 1.82) is 0 Å². The standard InChI is InChI=1S/C20H18FN3O/c1-13-7-8-17(14(2)11-13)24-20(25)19-12-15(9-10-22-19)23-18-6-4-3-5-16(18)21/h3-12H,1-2H3,(H,22,23)(H,24,25). The van der Waals surface area contributed by atoms with E-state index in [4.69, 9.17) is 0 Å². The molecule has 3 rings (SSSR count). The predicted molar refractivity (Wildman–Crippen MR) is 97.8 cm³/mol. The number of carbonyl (C=O) groups is 1. The van der Waals surface area contributed by atoms with Gasteiger partial charge in [0, 0.05) is 17.6 Å². The van der Waals surface area contributed by atoms with Crippen LogP contribution in [0.1, 0.15) is 21.6 Å². The number of hydrogen-bond donors (Lipinski definition) is 2. The molecule has 0 spiro atoms. The molecule has 3 aromatic rings. The molecule has 126 valence electrons. The number of anilines is 3. The summed E-state index contributed by atoms with van der Waals surface area (Å²) in [7, 11) is 0. The van der Waals surface area contributed by atoms with Gasteiger partial charge >= 0.3 is 0 Å². The summed E-state index contributed by atoms with van der Waals surface area (Å²) in [6, 6.07) is 15.4. The van der Waals surface area contributed by atoms with Crippen LogP contribution in [-0.2, 0) is 0 Å². The van der Waals surface area contributed by atoms with E-state index in [-0.39, 0.29) is 17.4 Å². The number of nitrogens with one attached hydrogen (secondary N) is 2. The van der Waals surface area contributed by atoms with E-state index in [9.17, 15) is 9.18 Å². The van der Waals surface area contributed by atoms with E-state index in [2.05, 4.69) is 15.6 Å². The molecule has 0 atom stereocenters. The van der Waals surface area contributed by atoms with Crippen molar-refractivity contribution in [3.05, 3.63) is 83.4 Å². The van der Waals surface area contributed by atoms with Crippen LogP contribution in [0.2, 0.25) is 0 Å². The van der Waals surface area contributed by atoms with Crippen LogP contribution in [0.5, 0.6) is 0 Å². The van der Waals surface area contributed by atoms with Gasteiger partial charge in [0.2, 0.25) is 0 Å². The van der Waals surface area contributed by atoms with Crippen molar-refractivity contribution in [2.45, 2.75) is 13.8 Å². The first-order valence-corrected chi connectivity index (χ1v) is 7.89. The molecule has 0 bridgehead atoms. The van der Waals surface area contributed by atoms with Crippen molar-refractivity contribution >= 4 is 23.0 Å². The topological polar surface area (TPSA) is 54.0 Å². The maximum atomic E-state index is 13.7. The molecule has 2 N–H and O–H groups in total. The van der Waals surface area contributed by atoms with Gasteiger partial charge < -0.3 is 10.6 Å². The fourth-order valence-electron chi connectivity index (χ4n) is 2.49. The third-order valence-corrected chi connectivity index (χ3v) is 3.78. The van der Waals surface area contributed by atoms with Crippen molar-refractivity contribution in [2.75, 3.05) is 10.6 Å². The Morgan fingerprint density at radius 2 is 1.80 bits per heavy atom. The second-order valence-electron chi connectivity index (χ2n) is 5.81. The number of benzene rings is 2. The van der Waals surface area contributed by atoms with Crippen LogP contribution in [0, 0.1) is 19.7 Å². The van der Waals surface area contributed by atoms with E-state index < -0.39 is 0 Å². The lowest BCUT2D eigenvalue weighted by Gasteiger charge is -2.11. The van der Waals surface area contributed by atoms with Crippen LogP contribution < -0.4 is 10.6 Å². The minimum Gasteiger partial charge on any atom is -0.353 e. The van der Waals surface area contributed by atoms with Gasteiger partial charge in [0.15, 0.2) is 0 Å². The van der Waals surface area contributed by atoms with Gasteiger partial charge in [-0.2, -0.15) is 0 Å². The zero-order valence-corrected chi connectivity index (χ0v) is 14.0. The number of para-hydroxylation sites is 1. The summed E-state index contributed by atoms with van der Waals surface area (Å²) in [5.41, 5.74) is 4.03. The third-order valence-electron chi connectivity index (χ3n) is 3.78. The van der Waals surface area contributed by atoms with Crippen LogP contribution in [0.25, 0.3) is 0 Å². The number of halogens is 1. The molecule has 0 saturated heterocycles. The van der Waals surface area contributed by atoms with Crippen LogP contribution in [0.15, 0.2) is 60.8 Å². The Balaban J connectivity index is 1.79. The van der Waals surface area contributed by atoms with Gasteiger partial charge in [-0.15, -0.1) is 0 Å². The molecular weight excluding hydrogens is 317 g/mol. The Morgan fingerprint density at radius 3 is 2.56 bits per heavy atom. The number of aromatic nitrogens is 1. The Morgan fingerprint density at radius 1 is 1.00 bits per heavy atom. The molecule has 0 saturated carbocycles. The Hall–Kier alpha value is -3.21. The fraction of sp³-hybridized carbons (Fsp3) is 0.100. The molecule has 0 aliphatic heterocycles. The van der Waals surface area contributed by atoms with Crippen LogP contribution >= 0.6 is 0 Å². The fourth-order valence-corrected chi connectivity index (χ4v) is 2.49. The third kappa shape index (κ3) is 4.01. The van der Waals surface area contributed by atoms with Gasteiger partial charge in [0.1, 0.15) is 11.5 Å². The minimum absolute atomic E-state index is 0.251. The molecule has 1 aromatic heterocycles. The van der Waals surface area contributed by atoms with Gasteiger partial charge in [-0.1, -0.05) is 29.8 Å². The number of amides is 1. The van der Waals surface area contributed by atoms with Crippen LogP contribution in [-0.4, -0.2) is 10.9 Å². The van der Waals surface area contributed by atoms with E-state index in [0.717, 1.165) is 16.8 Å². The molecule has 25 heavy (non-hydrogen) atoms. The summed E-state index contributed by atoms with van der Waals surface area (Å²) in [5, 5.41) is 5.81. The normalized spacial score (nSPS) is 10.4. The van der Waals surface area contributed by atoms with Gasteiger partial charge in [0.25, 0.3) is 5.91 Å². The molecule has 4 nitrogen and oxygen atoms in total. The van der Waals surface area contributed by atoms with E-state index in [1.807, 2.05) is 32.0 Å². The molecule has 0 aliphatic carbocycles. The highest BCUT2D eigenvalue weighted by molar-refractivity contribution is 6.03. The number of rotatable bonds is 4. The van der Waals surface area contributed by atoms with Crippen molar-refractivity contribution in [3.8, 4) is 0 Å². The molecule has 0 aliphatic rings. The highest BCUT2D eigenvalue weighted by Crippen LogP contribution is 2.21. The molecule has 2 aromatic carbocycles. The van der Waals surface area contributed by atoms with Crippen molar-refractivity contribution in [3.63, 3.8) is 0 Å². The van der Waals surface area contributed by atoms with Crippen molar-refractivity contribution < 1.29 is 9.18 Å². The molecule has 0 radical (unpaired) electrons. The zero-order valence-electron chi connectivity index (χ0n) is 14.0. The lowest BCUT2D eigenvalue weighted by Crippen LogP contribution is -2.14. The summed E-state index contributed by atoms with van der Waals surface area (Å²) in [4.78, 5) is 16.5. The molecular formula is C20H18FN3O. The highest BCUT2D eigenvalue weighted by Gasteiger charge is 2.11. The molecule has 0 fully saturated rings. The van der Waals surface area contributed by atoms with Gasteiger partial charge in [0.05, 0.1) is 5.69 Å². The van der Waals surface area contributed by atoms with Gasteiger partial charge in [-0.3, -0.25) is 9.78 Å². The van der Waals surface area contributed by atoms with Crippen LogP contribution in [0.3, 0.4) is 0 Å². The smallest absolute Gasteiger partial charge is 0.274 e. The van der Waals surface area contributed by atoms with Gasteiger partial charge in [-0.25, -0.2) is 4.39 Å². The largest absolute Gasteiger partial charge is 0.353 e. The Bertz CT molecular complexity index is 924. The second-order valence-corrected chi connectivity index (χ2v) is 5.81. The number of aryl methyl sites for hydroxylation is 2. The summed E-state index contributed by atoms with van der Waals surface area (Å²) in [6.07, 6.45) is 1.51. The first-order valence-electron chi connectivity index (χ1n) is 7.89. The molecule has 1 heterocycles. The summed E-state index contributed by atoms with van der Waals surface area (Å²) in [6.45, 7) is 3.93. The Labute approximate surface area is 145 Å². The first-order chi connectivity index (χ1) is 12.0. The average molecular weight is 335 g/mol. The second kappa shape index (κ2) is 7.13. The maximum Gasteiger partial charge on any atom is 0.274 e. The SMILES string of the molecule is Cc1ccc(NC(=O)c2cc(Nc3ccccc3F)ccn2)c(C)c1. The van der Waals surface area contributed by atoms with E-state index in [1.54, 1.807) is 30.3 Å².